The van der Waals surface area contributed by atoms with Gasteiger partial charge in [0.25, 0.3) is 0 Å². The van der Waals surface area contributed by atoms with Crippen LogP contribution in [0.5, 0.6) is 0 Å². The third-order valence-electron chi connectivity index (χ3n) is 2.10. The van der Waals surface area contributed by atoms with Crippen molar-refractivity contribution in [3.63, 3.8) is 0 Å². The number of hydrogen-bond donors (Lipinski definition) is 0. The van der Waals surface area contributed by atoms with E-state index in [0.29, 0.717) is 16.9 Å². The van der Waals surface area contributed by atoms with Crippen LogP contribution in [-0.4, -0.2) is 9.97 Å². The summed E-state index contributed by atoms with van der Waals surface area (Å²) in [6.45, 7) is 0. The van der Waals surface area contributed by atoms with Crippen molar-refractivity contribution >= 4 is 11.8 Å². The molecular formula is C12H8FN3S. The Morgan fingerprint density at radius 1 is 1.35 bits per heavy atom. The van der Waals surface area contributed by atoms with Crippen LogP contribution < -0.4 is 0 Å². The summed E-state index contributed by atoms with van der Waals surface area (Å²) in [6.07, 6.45) is 4.82. The lowest BCUT2D eigenvalue weighted by Gasteiger charge is -2.03. The fourth-order valence-corrected chi connectivity index (χ4v) is 2.12. The van der Waals surface area contributed by atoms with Gasteiger partial charge in [-0.05, 0) is 23.8 Å². The summed E-state index contributed by atoms with van der Waals surface area (Å²) in [5.41, 5.74) is 1.16. The average molecular weight is 245 g/mol. The highest BCUT2D eigenvalue weighted by Gasteiger charge is 2.05. The van der Waals surface area contributed by atoms with E-state index in [0.717, 1.165) is 5.03 Å². The molecule has 0 bridgehead atoms. The van der Waals surface area contributed by atoms with E-state index in [1.807, 2.05) is 6.07 Å². The topological polar surface area (TPSA) is 49.6 Å². The van der Waals surface area contributed by atoms with Crippen molar-refractivity contribution in [1.29, 1.82) is 5.26 Å². The molecule has 1 heterocycles. The van der Waals surface area contributed by atoms with Crippen molar-refractivity contribution in [3.05, 3.63) is 53.7 Å². The number of aromatic nitrogens is 2. The molecule has 3 nitrogen and oxygen atoms in total. The Hall–Kier alpha value is -1.93. The molecule has 0 saturated heterocycles. The maximum absolute atomic E-state index is 13.1. The molecule has 0 aliphatic rings. The SMILES string of the molecule is N#Cc1ccc(F)cc1CSc1cnccn1. The van der Waals surface area contributed by atoms with E-state index in [-0.39, 0.29) is 5.82 Å². The van der Waals surface area contributed by atoms with Gasteiger partial charge in [-0.15, -0.1) is 11.8 Å². The van der Waals surface area contributed by atoms with Gasteiger partial charge in [-0.2, -0.15) is 5.26 Å². The first kappa shape index (κ1) is 11.6. The second-order valence-corrected chi connectivity index (χ2v) is 4.24. The van der Waals surface area contributed by atoms with Crippen LogP contribution >= 0.6 is 11.8 Å². The van der Waals surface area contributed by atoms with Gasteiger partial charge in [-0.1, -0.05) is 0 Å². The zero-order valence-corrected chi connectivity index (χ0v) is 9.62. The molecule has 0 saturated carbocycles. The summed E-state index contributed by atoms with van der Waals surface area (Å²) in [4.78, 5) is 8.03. The fraction of sp³-hybridized carbons (Fsp3) is 0.0833. The van der Waals surface area contributed by atoms with Crippen LogP contribution in [0.15, 0.2) is 41.8 Å². The van der Waals surface area contributed by atoms with Gasteiger partial charge < -0.3 is 0 Å². The van der Waals surface area contributed by atoms with E-state index in [4.69, 9.17) is 5.26 Å². The van der Waals surface area contributed by atoms with Crippen molar-refractivity contribution in [1.82, 2.24) is 9.97 Å². The van der Waals surface area contributed by atoms with Gasteiger partial charge in [0.2, 0.25) is 0 Å². The van der Waals surface area contributed by atoms with Crippen LogP contribution in [0.1, 0.15) is 11.1 Å². The first-order valence-electron chi connectivity index (χ1n) is 4.87. The van der Waals surface area contributed by atoms with Gasteiger partial charge in [0.15, 0.2) is 0 Å². The first-order chi connectivity index (χ1) is 8.29. The summed E-state index contributed by atoms with van der Waals surface area (Å²) < 4.78 is 13.1. The molecule has 0 atom stereocenters. The zero-order chi connectivity index (χ0) is 12.1. The van der Waals surface area contributed by atoms with E-state index < -0.39 is 0 Å². The molecular weight excluding hydrogens is 237 g/mol. The standard InChI is InChI=1S/C12H8FN3S/c13-11-2-1-9(6-14)10(5-11)8-17-12-7-15-3-4-16-12/h1-5,7H,8H2. The smallest absolute Gasteiger partial charge is 0.123 e. The number of hydrogen-bond acceptors (Lipinski definition) is 4. The first-order valence-corrected chi connectivity index (χ1v) is 5.85. The van der Waals surface area contributed by atoms with Crippen LogP contribution in [-0.2, 0) is 5.75 Å². The maximum Gasteiger partial charge on any atom is 0.123 e. The predicted octanol–water partition coefficient (Wildman–Crippen LogP) is 2.78. The molecule has 0 amide bonds. The van der Waals surface area contributed by atoms with Crippen LogP contribution in [0.4, 0.5) is 4.39 Å². The lowest BCUT2D eigenvalue weighted by Crippen LogP contribution is -1.90. The molecule has 17 heavy (non-hydrogen) atoms. The van der Waals surface area contributed by atoms with E-state index in [9.17, 15) is 4.39 Å². The Kier molecular flexibility index (Phi) is 3.68. The Balaban J connectivity index is 2.14. The number of nitrogens with zero attached hydrogens (tertiary/aromatic N) is 3. The fourth-order valence-electron chi connectivity index (χ4n) is 1.30. The van der Waals surface area contributed by atoms with Gasteiger partial charge in [-0.3, -0.25) is 4.98 Å². The summed E-state index contributed by atoms with van der Waals surface area (Å²) >= 11 is 1.42. The summed E-state index contributed by atoms with van der Waals surface area (Å²) in [5, 5.41) is 9.65. The maximum atomic E-state index is 13.1. The minimum Gasteiger partial charge on any atom is -0.260 e. The Bertz CT molecular complexity index is 551. The molecule has 0 radical (unpaired) electrons. The number of benzene rings is 1. The molecule has 0 aliphatic carbocycles. The third kappa shape index (κ3) is 3.02. The third-order valence-corrected chi connectivity index (χ3v) is 3.06. The van der Waals surface area contributed by atoms with Gasteiger partial charge in [0.1, 0.15) is 10.8 Å². The van der Waals surface area contributed by atoms with Gasteiger partial charge >= 0.3 is 0 Å². The molecule has 0 aliphatic heterocycles. The van der Waals surface area contributed by atoms with Crippen LogP contribution in [0, 0.1) is 17.1 Å². The van der Waals surface area contributed by atoms with Crippen molar-refractivity contribution in [3.8, 4) is 6.07 Å². The molecule has 0 fully saturated rings. The Morgan fingerprint density at radius 3 is 2.94 bits per heavy atom. The molecule has 1 aromatic heterocycles. The minimum absolute atomic E-state index is 0.334. The van der Waals surface area contributed by atoms with E-state index in [2.05, 4.69) is 9.97 Å². The van der Waals surface area contributed by atoms with Crippen molar-refractivity contribution in [2.45, 2.75) is 10.8 Å². The number of nitriles is 1. The summed E-state index contributed by atoms with van der Waals surface area (Å²) in [6, 6.07) is 6.19. The number of rotatable bonds is 3. The van der Waals surface area contributed by atoms with Crippen LogP contribution in [0.2, 0.25) is 0 Å². The van der Waals surface area contributed by atoms with Gasteiger partial charge in [0.05, 0.1) is 17.8 Å². The molecule has 2 aromatic rings. The van der Waals surface area contributed by atoms with E-state index >= 15 is 0 Å². The number of halogens is 1. The zero-order valence-electron chi connectivity index (χ0n) is 8.80. The van der Waals surface area contributed by atoms with Crippen LogP contribution in [0.25, 0.3) is 0 Å². The predicted molar refractivity (Wildman–Crippen MR) is 62.7 cm³/mol. The van der Waals surface area contributed by atoms with Crippen molar-refractivity contribution in [2.24, 2.45) is 0 Å². The van der Waals surface area contributed by atoms with Gasteiger partial charge in [-0.25, -0.2) is 9.37 Å². The highest BCUT2D eigenvalue weighted by atomic mass is 32.2. The molecule has 0 unspecified atom stereocenters. The molecule has 0 N–H and O–H groups in total. The van der Waals surface area contributed by atoms with Crippen molar-refractivity contribution in [2.75, 3.05) is 0 Å². The molecule has 0 spiro atoms. The molecule has 1 aromatic carbocycles. The van der Waals surface area contributed by atoms with E-state index in [1.54, 1.807) is 18.6 Å². The lowest BCUT2D eigenvalue weighted by atomic mass is 10.1. The highest BCUT2D eigenvalue weighted by molar-refractivity contribution is 7.98. The molecule has 84 valence electrons. The molecule has 2 rings (SSSR count). The molecule has 5 heteroatoms. The summed E-state index contributed by atoms with van der Waals surface area (Å²) in [5.74, 6) is 0.165. The Morgan fingerprint density at radius 2 is 2.24 bits per heavy atom. The van der Waals surface area contributed by atoms with Gasteiger partial charge in [0, 0.05) is 18.1 Å². The second-order valence-electron chi connectivity index (χ2n) is 3.25. The Labute approximate surface area is 102 Å². The lowest BCUT2D eigenvalue weighted by molar-refractivity contribution is 0.626. The van der Waals surface area contributed by atoms with Crippen molar-refractivity contribution < 1.29 is 4.39 Å². The quantitative estimate of drug-likeness (QED) is 0.780. The second kappa shape index (κ2) is 5.41. The van der Waals surface area contributed by atoms with Crippen LogP contribution in [0.3, 0.4) is 0 Å². The van der Waals surface area contributed by atoms with E-state index in [1.165, 1.54) is 30.0 Å². The highest BCUT2D eigenvalue weighted by Crippen LogP contribution is 2.22. The largest absolute Gasteiger partial charge is 0.260 e. The monoisotopic (exact) mass is 245 g/mol. The average Bonchev–Trinajstić information content (AvgIpc) is 2.38. The normalized spacial score (nSPS) is 9.88. The number of thioether (sulfide) groups is 1. The minimum atomic E-state index is -0.334. The summed E-state index contributed by atoms with van der Waals surface area (Å²) in [7, 11) is 0.